The number of halogens is 11. The molecule has 0 N–H and O–H groups in total. The molecule has 0 aliphatic carbocycles. The predicted molar refractivity (Wildman–Crippen MR) is 35.5 cm³/mol. The first-order valence-electron chi connectivity index (χ1n) is 3.78. The Bertz CT molecular complexity index is 481. The largest absolute Gasteiger partial charge is 1.00 e. The molecule has 0 aliphatic rings. The number of hydrogen-bond acceptors (Lipinski definition) is 3. The van der Waals surface area contributed by atoms with Gasteiger partial charge in [-0.15, -0.1) is 0 Å². The third kappa shape index (κ3) is 3.50. The van der Waals surface area contributed by atoms with Crippen LogP contribution in [0.2, 0.25) is 0 Å². The monoisotopic (exact) mass is 388 g/mol. The molecule has 0 rings (SSSR count). The Morgan fingerprint density at radius 3 is 1.10 bits per heavy atom. The van der Waals surface area contributed by atoms with E-state index < -0.39 is 39.3 Å². The van der Waals surface area contributed by atoms with E-state index in [0.717, 1.165) is 0 Å². The van der Waals surface area contributed by atoms with Gasteiger partial charge in [0.15, 0.2) is 10.1 Å². The van der Waals surface area contributed by atoms with Crippen molar-refractivity contribution in [3.8, 4) is 0 Å². The normalized spacial score (nSPS) is 15.6. The number of alkyl halides is 11. The molecule has 0 aromatic carbocycles. The second-order valence-corrected chi connectivity index (χ2v) is 4.61. The summed E-state index contributed by atoms with van der Waals surface area (Å²) in [7, 11) is -7.66. The van der Waals surface area contributed by atoms with E-state index in [9.17, 15) is 61.3 Å². The molecule has 0 aliphatic heterocycles. The van der Waals surface area contributed by atoms with Crippen molar-refractivity contribution in [1.29, 1.82) is 0 Å². The maximum atomic E-state index is 12.4. The molecule has 0 amide bonds. The standard InChI is InChI=1S/C5HF11O3S.K/c6-1(7,2(8,9)4(12,13)14)3(10,11)5(15,16)20(17,18)19;/h(H,17,18,19);/q;+1/p-1. The van der Waals surface area contributed by atoms with Crippen molar-refractivity contribution in [3.63, 3.8) is 0 Å². The van der Waals surface area contributed by atoms with Crippen LogP contribution >= 0.6 is 0 Å². The van der Waals surface area contributed by atoms with E-state index in [1.807, 2.05) is 0 Å². The maximum Gasteiger partial charge on any atom is 1.00 e. The summed E-state index contributed by atoms with van der Waals surface area (Å²) in [4.78, 5) is 0. The number of hydrogen-bond donors (Lipinski definition) is 0. The van der Waals surface area contributed by atoms with Gasteiger partial charge in [0.05, 0.1) is 0 Å². The Kier molecular flexibility index (Phi) is 6.88. The summed E-state index contributed by atoms with van der Waals surface area (Å²) in [5.74, 6) is -23.4. The van der Waals surface area contributed by atoms with Gasteiger partial charge in [-0.2, -0.15) is 48.3 Å². The molecule has 122 valence electrons. The molecule has 0 saturated carbocycles. The van der Waals surface area contributed by atoms with Gasteiger partial charge < -0.3 is 4.55 Å². The van der Waals surface area contributed by atoms with Crippen molar-refractivity contribution >= 4 is 10.1 Å². The van der Waals surface area contributed by atoms with E-state index in [1.165, 1.54) is 0 Å². The molecule has 0 aromatic rings. The maximum absolute atomic E-state index is 12.4. The summed E-state index contributed by atoms with van der Waals surface area (Å²) in [5.41, 5.74) is 0. The van der Waals surface area contributed by atoms with Crippen LogP contribution in [-0.2, 0) is 10.1 Å². The van der Waals surface area contributed by atoms with E-state index in [1.54, 1.807) is 0 Å². The van der Waals surface area contributed by atoms with Gasteiger partial charge in [0.25, 0.3) is 0 Å². The van der Waals surface area contributed by atoms with E-state index in [4.69, 9.17) is 0 Å². The molecule has 0 unspecified atom stereocenters. The van der Waals surface area contributed by atoms with Crippen molar-refractivity contribution in [2.45, 2.75) is 29.2 Å². The molecule has 16 heteroatoms. The molecule has 0 spiro atoms. The summed E-state index contributed by atoms with van der Waals surface area (Å²) in [6, 6.07) is 0. The second kappa shape index (κ2) is 6.01. The first-order chi connectivity index (χ1) is 8.25. The molecule has 0 atom stereocenters. The summed E-state index contributed by atoms with van der Waals surface area (Å²) in [6.45, 7) is 0. The minimum absolute atomic E-state index is 0. The average molecular weight is 388 g/mol. The fourth-order valence-electron chi connectivity index (χ4n) is 0.715. The molecule has 0 bridgehead atoms. The van der Waals surface area contributed by atoms with Crippen LogP contribution in [0.4, 0.5) is 48.3 Å². The topological polar surface area (TPSA) is 57.2 Å². The van der Waals surface area contributed by atoms with Gasteiger partial charge in [-0.1, -0.05) is 0 Å². The SMILES string of the molecule is O=S(=O)([O-])C(F)(F)C(F)(F)C(F)(F)C(F)(F)C(F)(F)F.[K+]. The van der Waals surface area contributed by atoms with Crippen LogP contribution in [-0.4, -0.2) is 42.2 Å². The summed E-state index contributed by atoms with van der Waals surface area (Å²) in [5, 5.41) is -7.40. The van der Waals surface area contributed by atoms with Gasteiger partial charge in [-0.25, -0.2) is 8.42 Å². The van der Waals surface area contributed by atoms with Crippen LogP contribution < -0.4 is 51.4 Å². The molecule has 0 saturated heterocycles. The average Bonchev–Trinajstić information content (AvgIpc) is 2.12. The zero-order valence-corrected chi connectivity index (χ0v) is 13.2. The van der Waals surface area contributed by atoms with Gasteiger partial charge >= 0.3 is 80.6 Å². The third-order valence-electron chi connectivity index (χ3n) is 1.82. The van der Waals surface area contributed by atoms with Gasteiger partial charge in [-0.3, -0.25) is 0 Å². The van der Waals surface area contributed by atoms with Crippen LogP contribution in [0, 0.1) is 0 Å². The van der Waals surface area contributed by atoms with Gasteiger partial charge in [0, 0.05) is 0 Å². The van der Waals surface area contributed by atoms with Crippen LogP contribution in [0.15, 0.2) is 0 Å². The van der Waals surface area contributed by atoms with E-state index >= 15 is 0 Å². The van der Waals surface area contributed by atoms with Gasteiger partial charge in [0.2, 0.25) is 0 Å². The van der Waals surface area contributed by atoms with Crippen molar-refractivity contribution < 1.29 is 113 Å². The summed E-state index contributed by atoms with van der Waals surface area (Å²) in [6.07, 6.45) is -7.41. The first-order valence-corrected chi connectivity index (χ1v) is 5.19. The molecule has 0 heterocycles. The van der Waals surface area contributed by atoms with E-state index in [0.29, 0.717) is 0 Å². The van der Waals surface area contributed by atoms with Crippen molar-refractivity contribution in [2.75, 3.05) is 0 Å². The van der Waals surface area contributed by atoms with E-state index in [-0.39, 0.29) is 51.4 Å². The van der Waals surface area contributed by atoms with Crippen LogP contribution in [0.3, 0.4) is 0 Å². The molecular weight excluding hydrogens is 388 g/mol. The molecular formula is C5F11KO3S. The first kappa shape index (κ1) is 24.0. The minimum atomic E-state index is -7.90. The summed E-state index contributed by atoms with van der Waals surface area (Å²) >= 11 is 0. The molecule has 0 fully saturated rings. The van der Waals surface area contributed by atoms with Crippen LogP contribution in [0.5, 0.6) is 0 Å². The van der Waals surface area contributed by atoms with Crippen molar-refractivity contribution in [3.05, 3.63) is 0 Å². The Hall–Kier alpha value is 0.776. The Morgan fingerprint density at radius 2 is 0.905 bits per heavy atom. The van der Waals surface area contributed by atoms with Gasteiger partial charge in [0.1, 0.15) is 0 Å². The smallest absolute Gasteiger partial charge is 0.743 e. The quantitative estimate of drug-likeness (QED) is 0.374. The minimum Gasteiger partial charge on any atom is -0.743 e. The molecule has 0 radical (unpaired) electrons. The van der Waals surface area contributed by atoms with Gasteiger partial charge in [-0.05, 0) is 0 Å². The zero-order chi connectivity index (χ0) is 17.0. The summed E-state index contributed by atoms with van der Waals surface area (Å²) < 4.78 is 162. The van der Waals surface area contributed by atoms with Crippen molar-refractivity contribution in [2.24, 2.45) is 0 Å². The van der Waals surface area contributed by atoms with Crippen LogP contribution in [0.25, 0.3) is 0 Å². The molecule has 3 nitrogen and oxygen atoms in total. The predicted octanol–water partition coefficient (Wildman–Crippen LogP) is -0.403. The Morgan fingerprint density at radius 1 is 0.619 bits per heavy atom. The van der Waals surface area contributed by atoms with Crippen LogP contribution in [0.1, 0.15) is 0 Å². The fourth-order valence-corrected chi connectivity index (χ4v) is 1.16. The Labute approximate surface area is 151 Å². The Balaban J connectivity index is 0. The molecule has 21 heavy (non-hydrogen) atoms. The molecule has 0 aromatic heterocycles. The van der Waals surface area contributed by atoms with Crippen molar-refractivity contribution in [1.82, 2.24) is 0 Å². The zero-order valence-electron chi connectivity index (χ0n) is 9.29. The second-order valence-electron chi connectivity index (χ2n) is 3.19. The fraction of sp³-hybridized carbons (Fsp3) is 1.00. The number of rotatable bonds is 4. The third-order valence-corrected chi connectivity index (χ3v) is 2.71. The van der Waals surface area contributed by atoms with E-state index in [2.05, 4.69) is 0 Å².